The summed E-state index contributed by atoms with van der Waals surface area (Å²) in [5.74, 6) is -0.583. The smallest absolute Gasteiger partial charge is 0.262 e. The summed E-state index contributed by atoms with van der Waals surface area (Å²) in [7, 11) is 0. The fraction of sp³-hybridized carbons (Fsp3) is 0.471. The van der Waals surface area contributed by atoms with Gasteiger partial charge in [-0.1, -0.05) is 12.1 Å². The third-order valence-electron chi connectivity index (χ3n) is 4.60. The highest BCUT2D eigenvalue weighted by Gasteiger charge is 2.43. The number of rotatable bonds is 1. The van der Waals surface area contributed by atoms with Gasteiger partial charge in [-0.15, -0.1) is 0 Å². The Bertz CT molecular complexity index is 652. The minimum absolute atomic E-state index is 0.129. The molecule has 2 unspecified atom stereocenters. The number of fused-ring (bicyclic) bond motifs is 1. The molecule has 1 aromatic rings. The lowest BCUT2D eigenvalue weighted by molar-refractivity contribution is -0.120. The highest BCUT2D eigenvalue weighted by molar-refractivity contribution is 6.22. The average Bonchev–Trinajstić information content (AvgIpc) is 2.72. The van der Waals surface area contributed by atoms with Crippen LogP contribution in [0.15, 0.2) is 18.2 Å². The molecule has 1 heterocycles. The summed E-state index contributed by atoms with van der Waals surface area (Å²) in [5, 5.41) is 10.3. The van der Waals surface area contributed by atoms with E-state index in [4.69, 9.17) is 0 Å². The zero-order valence-corrected chi connectivity index (χ0v) is 12.5. The van der Waals surface area contributed by atoms with Gasteiger partial charge in [-0.3, -0.25) is 19.3 Å². The third-order valence-corrected chi connectivity index (χ3v) is 4.60. The first-order valence-electron chi connectivity index (χ1n) is 7.68. The van der Waals surface area contributed by atoms with Crippen LogP contribution >= 0.6 is 0 Å². The second kappa shape index (κ2) is 5.65. The molecule has 1 saturated carbocycles. The molecule has 5 nitrogen and oxygen atoms in total. The van der Waals surface area contributed by atoms with Crippen LogP contribution in [-0.2, 0) is 4.79 Å². The number of imide groups is 1. The zero-order valence-electron chi connectivity index (χ0n) is 12.5. The van der Waals surface area contributed by atoms with E-state index in [2.05, 4.69) is 0 Å². The molecule has 1 aliphatic heterocycles. The van der Waals surface area contributed by atoms with E-state index in [0.29, 0.717) is 43.2 Å². The van der Waals surface area contributed by atoms with E-state index in [0.717, 1.165) is 5.56 Å². The molecule has 1 aromatic carbocycles. The molecular weight excluding hydrogens is 282 g/mol. The number of aliphatic hydroxyl groups excluding tert-OH is 1. The Kier molecular flexibility index (Phi) is 3.83. The van der Waals surface area contributed by atoms with Crippen LogP contribution in [0.1, 0.15) is 58.4 Å². The first-order chi connectivity index (χ1) is 10.5. The summed E-state index contributed by atoms with van der Waals surface area (Å²) in [6.07, 6.45) is 1.36. The van der Waals surface area contributed by atoms with Crippen molar-refractivity contribution in [2.45, 2.75) is 51.2 Å². The summed E-state index contributed by atoms with van der Waals surface area (Å²) in [5.41, 5.74) is 1.58. The number of Topliss-reactive ketones (excluding diaryl/α,β-unsaturated/α-hetero) is 1. The van der Waals surface area contributed by atoms with E-state index < -0.39 is 12.1 Å². The number of ketones is 1. The molecule has 2 amide bonds. The maximum absolute atomic E-state index is 12.7. The van der Waals surface area contributed by atoms with Gasteiger partial charge in [0.15, 0.2) is 0 Å². The number of benzene rings is 1. The van der Waals surface area contributed by atoms with Gasteiger partial charge >= 0.3 is 0 Å². The molecule has 0 radical (unpaired) electrons. The first kappa shape index (κ1) is 14.9. The number of aryl methyl sites for hydroxylation is 1. The van der Waals surface area contributed by atoms with E-state index in [1.165, 1.54) is 4.90 Å². The van der Waals surface area contributed by atoms with Gasteiger partial charge < -0.3 is 5.11 Å². The van der Waals surface area contributed by atoms with Crippen molar-refractivity contribution in [1.82, 2.24) is 4.90 Å². The molecule has 2 aliphatic rings. The number of carbonyl (C=O) groups is 3. The van der Waals surface area contributed by atoms with Gasteiger partial charge in [-0.25, -0.2) is 0 Å². The Morgan fingerprint density at radius 2 is 1.86 bits per heavy atom. The van der Waals surface area contributed by atoms with Crippen LogP contribution in [-0.4, -0.2) is 39.7 Å². The van der Waals surface area contributed by atoms with Gasteiger partial charge in [0.1, 0.15) is 5.78 Å². The monoisotopic (exact) mass is 301 g/mol. The molecule has 2 atom stereocenters. The van der Waals surface area contributed by atoms with Crippen molar-refractivity contribution in [2.24, 2.45) is 0 Å². The quantitative estimate of drug-likeness (QED) is 0.803. The van der Waals surface area contributed by atoms with Gasteiger partial charge in [-0.05, 0) is 37.8 Å². The van der Waals surface area contributed by atoms with Crippen molar-refractivity contribution >= 4 is 17.6 Å². The summed E-state index contributed by atoms with van der Waals surface area (Å²) >= 11 is 0. The zero-order chi connectivity index (χ0) is 15.9. The Hall–Kier alpha value is -2.01. The van der Waals surface area contributed by atoms with Crippen LogP contribution < -0.4 is 0 Å². The van der Waals surface area contributed by atoms with E-state index in [1.807, 2.05) is 0 Å². The van der Waals surface area contributed by atoms with Crippen LogP contribution in [0.25, 0.3) is 0 Å². The van der Waals surface area contributed by atoms with Gasteiger partial charge in [-0.2, -0.15) is 0 Å². The maximum Gasteiger partial charge on any atom is 0.262 e. The van der Waals surface area contributed by atoms with Crippen molar-refractivity contribution in [2.75, 3.05) is 0 Å². The van der Waals surface area contributed by atoms with Crippen LogP contribution in [0, 0.1) is 6.92 Å². The molecule has 22 heavy (non-hydrogen) atoms. The van der Waals surface area contributed by atoms with Gasteiger partial charge in [0.25, 0.3) is 11.8 Å². The molecule has 0 bridgehead atoms. The number of nitrogens with zero attached hydrogens (tertiary/aromatic N) is 1. The SMILES string of the molecule is Cc1cccc2c1C(=O)N(C1CCC(=O)CCCC1O)C2=O. The Labute approximate surface area is 128 Å². The Balaban J connectivity index is 1.95. The fourth-order valence-electron chi connectivity index (χ4n) is 3.40. The predicted octanol–water partition coefficient (Wildman–Crippen LogP) is 1.85. The number of hydrogen-bond donors (Lipinski definition) is 1. The van der Waals surface area contributed by atoms with E-state index in [-0.39, 0.29) is 17.6 Å². The second-order valence-corrected chi connectivity index (χ2v) is 6.08. The van der Waals surface area contributed by atoms with E-state index >= 15 is 0 Å². The standard InChI is InChI=1S/C17H19NO4/c1-10-4-2-6-12-15(10)17(22)18(16(12)21)13-9-8-11(19)5-3-7-14(13)20/h2,4,6,13-14,20H,3,5,7-9H2,1H3. The summed E-state index contributed by atoms with van der Waals surface area (Å²) in [4.78, 5) is 38.1. The lowest BCUT2D eigenvalue weighted by Crippen LogP contribution is -2.47. The molecule has 5 heteroatoms. The van der Waals surface area contributed by atoms with Crippen molar-refractivity contribution in [3.8, 4) is 0 Å². The minimum atomic E-state index is -0.768. The molecule has 1 fully saturated rings. The topological polar surface area (TPSA) is 74.7 Å². The highest BCUT2D eigenvalue weighted by Crippen LogP contribution is 2.31. The summed E-state index contributed by atoms with van der Waals surface area (Å²) in [6.45, 7) is 1.80. The van der Waals surface area contributed by atoms with Crippen molar-refractivity contribution < 1.29 is 19.5 Å². The molecular formula is C17H19NO4. The van der Waals surface area contributed by atoms with Gasteiger partial charge in [0, 0.05) is 12.8 Å². The highest BCUT2D eigenvalue weighted by atomic mass is 16.3. The van der Waals surface area contributed by atoms with Crippen molar-refractivity contribution in [3.63, 3.8) is 0 Å². The third kappa shape index (κ3) is 2.35. The van der Waals surface area contributed by atoms with E-state index in [1.54, 1.807) is 25.1 Å². The van der Waals surface area contributed by atoms with Gasteiger partial charge in [0.2, 0.25) is 0 Å². The lowest BCUT2D eigenvalue weighted by atomic mass is 9.92. The molecule has 3 rings (SSSR count). The first-order valence-corrected chi connectivity index (χ1v) is 7.68. The fourth-order valence-corrected chi connectivity index (χ4v) is 3.40. The van der Waals surface area contributed by atoms with Crippen molar-refractivity contribution in [1.29, 1.82) is 0 Å². The number of hydrogen-bond acceptors (Lipinski definition) is 4. The summed E-state index contributed by atoms with van der Waals surface area (Å²) < 4.78 is 0. The minimum Gasteiger partial charge on any atom is -0.391 e. The maximum atomic E-state index is 12.7. The van der Waals surface area contributed by atoms with Crippen LogP contribution in [0.5, 0.6) is 0 Å². The Morgan fingerprint density at radius 1 is 1.09 bits per heavy atom. The van der Waals surface area contributed by atoms with Crippen LogP contribution in [0.2, 0.25) is 0 Å². The Morgan fingerprint density at radius 3 is 2.59 bits per heavy atom. The predicted molar refractivity (Wildman–Crippen MR) is 79.6 cm³/mol. The number of carbonyl (C=O) groups excluding carboxylic acids is 3. The lowest BCUT2D eigenvalue weighted by Gasteiger charge is -2.31. The van der Waals surface area contributed by atoms with Gasteiger partial charge in [0.05, 0.1) is 23.3 Å². The molecule has 0 saturated heterocycles. The van der Waals surface area contributed by atoms with Crippen LogP contribution in [0.4, 0.5) is 0 Å². The molecule has 0 spiro atoms. The number of amides is 2. The van der Waals surface area contributed by atoms with E-state index in [9.17, 15) is 19.5 Å². The second-order valence-electron chi connectivity index (χ2n) is 6.08. The normalized spacial score (nSPS) is 25.9. The molecule has 1 aliphatic carbocycles. The largest absolute Gasteiger partial charge is 0.391 e. The number of aliphatic hydroxyl groups is 1. The van der Waals surface area contributed by atoms with Crippen LogP contribution in [0.3, 0.4) is 0 Å². The molecule has 0 aromatic heterocycles. The average molecular weight is 301 g/mol. The van der Waals surface area contributed by atoms with Crippen molar-refractivity contribution in [3.05, 3.63) is 34.9 Å². The summed E-state index contributed by atoms with van der Waals surface area (Å²) in [6, 6.07) is 4.58. The molecule has 116 valence electrons. The molecule has 1 N–H and O–H groups in total.